The molecular formula is C12H14BrFN2O3. The first kappa shape index (κ1) is 14.2. The Labute approximate surface area is 118 Å². The zero-order valence-electron chi connectivity index (χ0n) is 10.3. The number of benzene rings is 1. The van der Waals surface area contributed by atoms with Crippen LogP contribution in [0.5, 0.6) is 0 Å². The predicted molar refractivity (Wildman–Crippen MR) is 72.8 cm³/mol. The van der Waals surface area contributed by atoms with Crippen LogP contribution < -0.4 is 4.90 Å². The summed E-state index contributed by atoms with van der Waals surface area (Å²) in [4.78, 5) is 12.3. The van der Waals surface area contributed by atoms with Gasteiger partial charge in [0.2, 0.25) is 0 Å². The summed E-state index contributed by atoms with van der Waals surface area (Å²) in [6.45, 7) is 2.92. The molecule has 104 valence electrons. The Morgan fingerprint density at radius 2 is 2.26 bits per heavy atom. The first-order valence-electron chi connectivity index (χ1n) is 5.96. The highest BCUT2D eigenvalue weighted by atomic mass is 79.9. The smallest absolute Gasteiger partial charge is 0.295 e. The molecule has 0 bridgehead atoms. The minimum absolute atomic E-state index is 0.0252. The fourth-order valence-corrected chi connectivity index (χ4v) is 2.61. The molecule has 2 unspecified atom stereocenters. The van der Waals surface area contributed by atoms with Gasteiger partial charge in [0.05, 0.1) is 21.6 Å². The first-order chi connectivity index (χ1) is 8.90. The lowest BCUT2D eigenvalue weighted by Crippen LogP contribution is -2.42. The maximum absolute atomic E-state index is 13.4. The van der Waals surface area contributed by atoms with Crippen molar-refractivity contribution in [2.45, 2.75) is 19.4 Å². The average molecular weight is 333 g/mol. The van der Waals surface area contributed by atoms with Gasteiger partial charge in [-0.15, -0.1) is 0 Å². The maximum Gasteiger partial charge on any atom is 0.295 e. The molecule has 1 N–H and O–H groups in total. The predicted octanol–water partition coefficient (Wildman–Crippen LogP) is 2.70. The summed E-state index contributed by atoms with van der Waals surface area (Å²) in [6.07, 6.45) is 0.159. The number of nitrogens with zero attached hydrogens (tertiary/aromatic N) is 2. The van der Waals surface area contributed by atoms with Crippen LogP contribution in [-0.2, 0) is 0 Å². The maximum atomic E-state index is 13.4. The highest BCUT2D eigenvalue weighted by Crippen LogP contribution is 2.35. The Kier molecular flexibility index (Phi) is 4.05. The summed E-state index contributed by atoms with van der Waals surface area (Å²) in [5, 5.41) is 20.7. The second kappa shape index (κ2) is 5.42. The Morgan fingerprint density at radius 3 is 2.84 bits per heavy atom. The van der Waals surface area contributed by atoms with Gasteiger partial charge in [0, 0.05) is 13.1 Å². The molecule has 0 amide bonds. The third kappa shape index (κ3) is 2.87. The average Bonchev–Trinajstić information content (AvgIpc) is 2.35. The van der Waals surface area contributed by atoms with Gasteiger partial charge in [0.25, 0.3) is 5.69 Å². The van der Waals surface area contributed by atoms with Crippen molar-refractivity contribution in [1.82, 2.24) is 0 Å². The number of anilines is 1. The highest BCUT2D eigenvalue weighted by molar-refractivity contribution is 9.10. The van der Waals surface area contributed by atoms with Gasteiger partial charge in [-0.05, 0) is 34.3 Å². The summed E-state index contributed by atoms with van der Waals surface area (Å²) in [7, 11) is 0. The molecule has 1 saturated heterocycles. The fraction of sp³-hybridized carbons (Fsp3) is 0.500. The topological polar surface area (TPSA) is 66.6 Å². The van der Waals surface area contributed by atoms with E-state index >= 15 is 0 Å². The molecule has 1 aliphatic heterocycles. The molecule has 1 heterocycles. The standard InChI is InChI=1S/C12H14BrFN2O3/c1-7-6-15(3-2-12(7)17)10-4-8(13)9(14)5-11(10)16(18)19/h4-5,7,12,17H,2-3,6H2,1H3. The molecule has 2 rings (SSSR count). The Morgan fingerprint density at radius 1 is 1.58 bits per heavy atom. The molecule has 1 aromatic carbocycles. The van der Waals surface area contributed by atoms with Crippen molar-refractivity contribution in [3.05, 3.63) is 32.5 Å². The molecule has 1 fully saturated rings. The van der Waals surface area contributed by atoms with Crippen molar-refractivity contribution < 1.29 is 14.4 Å². The number of aliphatic hydroxyl groups is 1. The fourth-order valence-electron chi connectivity index (χ4n) is 2.28. The summed E-state index contributed by atoms with van der Waals surface area (Å²) < 4.78 is 13.6. The molecule has 0 aromatic heterocycles. The van der Waals surface area contributed by atoms with Crippen molar-refractivity contribution in [2.75, 3.05) is 18.0 Å². The normalized spacial score (nSPS) is 23.5. The van der Waals surface area contributed by atoms with Crippen LogP contribution >= 0.6 is 15.9 Å². The van der Waals surface area contributed by atoms with Crippen LogP contribution in [0.2, 0.25) is 0 Å². The van der Waals surface area contributed by atoms with Gasteiger partial charge in [0.1, 0.15) is 11.5 Å². The summed E-state index contributed by atoms with van der Waals surface area (Å²) in [5.74, 6) is -0.627. The second-order valence-corrected chi connectivity index (χ2v) is 5.65. The van der Waals surface area contributed by atoms with E-state index in [1.54, 1.807) is 0 Å². The molecule has 19 heavy (non-hydrogen) atoms. The number of nitro benzene ring substituents is 1. The molecule has 1 aliphatic rings. The van der Waals surface area contributed by atoms with Gasteiger partial charge in [-0.1, -0.05) is 6.92 Å². The third-order valence-electron chi connectivity index (χ3n) is 3.41. The number of hydrogen-bond acceptors (Lipinski definition) is 4. The van der Waals surface area contributed by atoms with Crippen LogP contribution in [0.3, 0.4) is 0 Å². The van der Waals surface area contributed by atoms with Crippen molar-refractivity contribution >= 4 is 27.3 Å². The highest BCUT2D eigenvalue weighted by Gasteiger charge is 2.29. The molecular weight excluding hydrogens is 319 g/mol. The molecule has 1 aromatic rings. The van der Waals surface area contributed by atoms with Gasteiger partial charge in [-0.25, -0.2) is 4.39 Å². The molecule has 2 atom stereocenters. The molecule has 0 aliphatic carbocycles. The minimum Gasteiger partial charge on any atom is -0.393 e. The first-order valence-corrected chi connectivity index (χ1v) is 6.76. The summed E-state index contributed by atoms with van der Waals surface area (Å²) in [5.41, 5.74) is 0.140. The van der Waals surface area contributed by atoms with Crippen LogP contribution in [0.1, 0.15) is 13.3 Å². The molecule has 0 spiro atoms. The zero-order valence-corrected chi connectivity index (χ0v) is 11.9. The largest absolute Gasteiger partial charge is 0.393 e. The van der Waals surface area contributed by atoms with E-state index in [9.17, 15) is 19.6 Å². The second-order valence-electron chi connectivity index (χ2n) is 4.79. The third-order valence-corrected chi connectivity index (χ3v) is 4.02. The van der Waals surface area contributed by atoms with Gasteiger partial charge in [0.15, 0.2) is 0 Å². The van der Waals surface area contributed by atoms with Crippen LogP contribution in [0, 0.1) is 21.8 Å². The lowest BCUT2D eigenvalue weighted by Gasteiger charge is -2.35. The van der Waals surface area contributed by atoms with E-state index in [1.807, 2.05) is 11.8 Å². The van der Waals surface area contributed by atoms with E-state index in [2.05, 4.69) is 15.9 Å². The number of nitro groups is 1. The van der Waals surface area contributed by atoms with Gasteiger partial charge >= 0.3 is 0 Å². The van der Waals surface area contributed by atoms with Crippen molar-refractivity contribution in [1.29, 1.82) is 0 Å². The molecule has 5 nitrogen and oxygen atoms in total. The molecule has 7 heteroatoms. The van der Waals surface area contributed by atoms with E-state index in [-0.39, 0.29) is 22.2 Å². The summed E-state index contributed by atoms with van der Waals surface area (Å²) >= 11 is 3.05. The van der Waals surface area contributed by atoms with E-state index < -0.39 is 10.7 Å². The van der Waals surface area contributed by atoms with E-state index in [4.69, 9.17) is 0 Å². The Bertz CT molecular complexity index is 512. The van der Waals surface area contributed by atoms with Gasteiger partial charge < -0.3 is 10.0 Å². The van der Waals surface area contributed by atoms with E-state index in [0.717, 1.165) is 6.07 Å². The number of hydrogen-bond donors (Lipinski definition) is 1. The SMILES string of the molecule is CC1CN(c2cc(Br)c(F)cc2[N+](=O)[O-])CCC1O. The van der Waals surface area contributed by atoms with E-state index in [0.29, 0.717) is 25.2 Å². The molecule has 0 saturated carbocycles. The van der Waals surface area contributed by atoms with Gasteiger partial charge in [-0.2, -0.15) is 0 Å². The van der Waals surface area contributed by atoms with Crippen LogP contribution in [0.25, 0.3) is 0 Å². The quantitative estimate of drug-likeness (QED) is 0.668. The zero-order chi connectivity index (χ0) is 14.2. The van der Waals surface area contributed by atoms with Crippen LogP contribution in [-0.4, -0.2) is 29.2 Å². The van der Waals surface area contributed by atoms with E-state index in [1.165, 1.54) is 6.07 Å². The van der Waals surface area contributed by atoms with Gasteiger partial charge in [-0.3, -0.25) is 10.1 Å². The lowest BCUT2D eigenvalue weighted by molar-refractivity contribution is -0.384. The Hall–Kier alpha value is -1.21. The van der Waals surface area contributed by atoms with Crippen molar-refractivity contribution in [2.24, 2.45) is 5.92 Å². The number of aliphatic hydroxyl groups excluding tert-OH is 1. The number of piperidine rings is 1. The monoisotopic (exact) mass is 332 g/mol. The summed E-state index contributed by atoms with van der Waals surface area (Å²) in [6, 6.07) is 2.35. The minimum atomic E-state index is -0.652. The number of halogens is 2. The van der Waals surface area contributed by atoms with Crippen molar-refractivity contribution in [3.63, 3.8) is 0 Å². The Balaban J connectivity index is 2.38. The van der Waals surface area contributed by atoms with Crippen LogP contribution in [0.15, 0.2) is 16.6 Å². The molecule has 0 radical (unpaired) electrons. The number of rotatable bonds is 2. The lowest BCUT2D eigenvalue weighted by atomic mass is 9.96. The van der Waals surface area contributed by atoms with Crippen molar-refractivity contribution in [3.8, 4) is 0 Å². The van der Waals surface area contributed by atoms with Crippen LogP contribution in [0.4, 0.5) is 15.8 Å².